The fraction of sp³-hybridized carbons (Fsp3) is 0.826. The predicted molar refractivity (Wildman–Crippen MR) is 223 cm³/mol. The third-order valence-electron chi connectivity index (χ3n) is 13.3. The number of allylic oxidation sites excluding steroid dienone is 3. The van der Waals surface area contributed by atoms with Gasteiger partial charge in [-0.3, -0.25) is 9.59 Å². The standard InChI is InChI=1S/C46H77NO11/c1-14-38-36(26-54-46-44(51-13)43(50-12)30(5)34(9)56-46)23-27(2)17-18-37(48)28(3)24-35-19-22-52-20-15-16-21-53-39(25-40(49)57-38)31(6)42(35)58-45-32(7)41(47(10)11)29(4)33(8)55-45/h15-18,23,28-36,38-39,41-46H,14,19-22,24-26H2,1-13H3/b16-15+,18-17+,27-23+/t28-,29-,30-,31+,32-,33-,34-,35?,36-,38-,39-,41+,42-,43-,44-,45+,46-/m1/s1. The zero-order valence-electron chi connectivity index (χ0n) is 37.8. The van der Waals surface area contributed by atoms with Gasteiger partial charge in [-0.2, -0.15) is 0 Å². The normalized spacial score (nSPS) is 43.8. The number of fused-ring (bicyclic) bond motifs is 3. The Balaban J connectivity index is 1.71. The first-order valence-electron chi connectivity index (χ1n) is 21.9. The molecule has 4 heterocycles. The highest BCUT2D eigenvalue weighted by atomic mass is 16.7. The van der Waals surface area contributed by atoms with Crippen molar-refractivity contribution in [3.8, 4) is 0 Å². The molecule has 12 nitrogen and oxygen atoms in total. The summed E-state index contributed by atoms with van der Waals surface area (Å²) in [5.74, 6) is -0.887. The molecule has 0 radical (unpaired) electrons. The number of cyclic esters (lactones) is 1. The Labute approximate surface area is 349 Å². The Hall–Kier alpha value is -2.00. The van der Waals surface area contributed by atoms with Crippen LogP contribution in [0.2, 0.25) is 0 Å². The van der Waals surface area contributed by atoms with Crippen molar-refractivity contribution in [3.63, 3.8) is 0 Å². The molecule has 332 valence electrons. The van der Waals surface area contributed by atoms with E-state index in [1.165, 1.54) is 0 Å². The average Bonchev–Trinajstić information content (AvgIpc) is 3.18. The lowest BCUT2D eigenvalue weighted by molar-refractivity contribution is -0.292. The van der Waals surface area contributed by atoms with Crippen LogP contribution in [0.25, 0.3) is 0 Å². The highest BCUT2D eigenvalue weighted by molar-refractivity contribution is 5.91. The molecule has 0 aromatic rings. The second-order valence-electron chi connectivity index (χ2n) is 17.7. The molecule has 0 amide bonds. The summed E-state index contributed by atoms with van der Waals surface area (Å²) in [6.45, 7) is 20.1. The first-order valence-corrected chi connectivity index (χ1v) is 21.9. The number of esters is 1. The van der Waals surface area contributed by atoms with Crippen molar-refractivity contribution in [1.29, 1.82) is 0 Å². The van der Waals surface area contributed by atoms with Crippen LogP contribution in [-0.2, 0) is 52.2 Å². The molecule has 0 aromatic carbocycles. The van der Waals surface area contributed by atoms with Crippen LogP contribution in [-0.4, -0.2) is 133 Å². The summed E-state index contributed by atoms with van der Waals surface area (Å²) in [4.78, 5) is 30.4. The maximum absolute atomic E-state index is 14.2. The fourth-order valence-electron chi connectivity index (χ4n) is 9.55. The summed E-state index contributed by atoms with van der Waals surface area (Å²) in [6, 6.07) is 0.234. The van der Waals surface area contributed by atoms with Crippen molar-refractivity contribution < 1.29 is 52.2 Å². The Morgan fingerprint density at radius 3 is 2.16 bits per heavy atom. The van der Waals surface area contributed by atoms with E-state index in [0.717, 1.165) is 5.57 Å². The number of ketones is 1. The largest absolute Gasteiger partial charge is 0.462 e. The molecule has 2 bridgehead atoms. The zero-order valence-corrected chi connectivity index (χ0v) is 37.8. The molecule has 1 unspecified atom stereocenters. The highest BCUT2D eigenvalue weighted by Crippen LogP contribution is 2.39. The molecule has 4 aliphatic heterocycles. The van der Waals surface area contributed by atoms with E-state index >= 15 is 0 Å². The molecule has 4 aliphatic rings. The number of methoxy groups -OCH3 is 2. The third-order valence-corrected chi connectivity index (χ3v) is 13.3. The van der Waals surface area contributed by atoms with Gasteiger partial charge in [-0.1, -0.05) is 71.4 Å². The number of ether oxygens (including phenoxy) is 9. The van der Waals surface area contributed by atoms with Crippen molar-refractivity contribution in [1.82, 2.24) is 4.90 Å². The molecule has 2 saturated heterocycles. The number of nitrogens with zero attached hydrogens (tertiary/aromatic N) is 1. The van der Waals surface area contributed by atoms with Gasteiger partial charge in [0.2, 0.25) is 0 Å². The van der Waals surface area contributed by atoms with Crippen LogP contribution in [0, 0.1) is 41.4 Å². The molecule has 17 atom stereocenters. The molecule has 4 rings (SSSR count). The van der Waals surface area contributed by atoms with Crippen LogP contribution in [0.3, 0.4) is 0 Å². The van der Waals surface area contributed by atoms with Crippen molar-refractivity contribution in [2.45, 2.75) is 149 Å². The van der Waals surface area contributed by atoms with Crippen molar-refractivity contribution in [2.24, 2.45) is 41.4 Å². The molecule has 0 spiro atoms. The topological polar surface area (TPSA) is 120 Å². The first-order chi connectivity index (χ1) is 27.6. The SMILES string of the molecule is CC[C@H]1OC(=O)C[C@H]2OC/C=C/COCCC(C[C@@H](C)C(=O)/C=C/C(C)=C/[C@@H]1CO[C@@H]1O[C@H](C)[C@@H](C)[C@@H](OC)[C@H]1OC)[C@H](O[C@@H]1O[C@H](C)[C@@H](C)[C@H](N(C)C)[C@H]1C)[C@H]2C. The molecule has 0 aliphatic carbocycles. The zero-order chi connectivity index (χ0) is 42.7. The van der Waals surface area contributed by atoms with E-state index in [1.54, 1.807) is 20.3 Å². The van der Waals surface area contributed by atoms with Gasteiger partial charge in [-0.25, -0.2) is 0 Å². The summed E-state index contributed by atoms with van der Waals surface area (Å²) in [7, 11) is 7.53. The van der Waals surface area contributed by atoms with Crippen molar-refractivity contribution in [3.05, 3.63) is 36.0 Å². The summed E-state index contributed by atoms with van der Waals surface area (Å²) >= 11 is 0. The van der Waals surface area contributed by atoms with Gasteiger partial charge in [0.1, 0.15) is 12.2 Å². The van der Waals surface area contributed by atoms with Crippen molar-refractivity contribution in [2.75, 3.05) is 54.7 Å². The van der Waals surface area contributed by atoms with E-state index in [1.807, 2.05) is 52.0 Å². The highest BCUT2D eigenvalue weighted by Gasteiger charge is 2.46. The van der Waals surface area contributed by atoms with E-state index in [9.17, 15) is 9.59 Å². The predicted octanol–water partition coefficient (Wildman–Crippen LogP) is 6.80. The van der Waals surface area contributed by atoms with Gasteiger partial charge in [0.25, 0.3) is 0 Å². The van der Waals surface area contributed by atoms with E-state index in [0.29, 0.717) is 45.0 Å². The minimum Gasteiger partial charge on any atom is -0.462 e. The van der Waals surface area contributed by atoms with Crippen LogP contribution in [0.15, 0.2) is 36.0 Å². The van der Waals surface area contributed by atoms with Gasteiger partial charge in [0.15, 0.2) is 18.4 Å². The monoisotopic (exact) mass is 820 g/mol. The van der Waals surface area contributed by atoms with Gasteiger partial charge in [0.05, 0.1) is 56.8 Å². The summed E-state index contributed by atoms with van der Waals surface area (Å²) in [5, 5.41) is 0. The molecule has 2 fully saturated rings. The Morgan fingerprint density at radius 1 is 0.810 bits per heavy atom. The number of hydrogen-bond acceptors (Lipinski definition) is 12. The second kappa shape index (κ2) is 23.3. The fourth-order valence-corrected chi connectivity index (χ4v) is 9.55. The smallest absolute Gasteiger partial charge is 0.308 e. The second-order valence-corrected chi connectivity index (χ2v) is 17.7. The number of carbonyl (C=O) groups excluding carboxylic acids is 2. The lowest BCUT2D eigenvalue weighted by Gasteiger charge is -2.48. The van der Waals surface area contributed by atoms with Gasteiger partial charge < -0.3 is 47.5 Å². The van der Waals surface area contributed by atoms with Crippen LogP contribution >= 0.6 is 0 Å². The Bertz CT molecular complexity index is 1370. The number of hydrogen-bond donors (Lipinski definition) is 0. The number of carbonyl (C=O) groups is 2. The minimum absolute atomic E-state index is 0.0243. The van der Waals surface area contributed by atoms with E-state index in [-0.39, 0.29) is 84.6 Å². The summed E-state index contributed by atoms with van der Waals surface area (Å²) < 4.78 is 57.3. The molecule has 58 heavy (non-hydrogen) atoms. The molecular formula is C46H77NO11. The maximum atomic E-state index is 14.2. The van der Waals surface area contributed by atoms with Crippen LogP contribution in [0.5, 0.6) is 0 Å². The van der Waals surface area contributed by atoms with Crippen LogP contribution in [0.4, 0.5) is 0 Å². The quantitative estimate of drug-likeness (QED) is 0.180. The number of rotatable bonds is 9. The molecule has 0 saturated carbocycles. The Kier molecular flexibility index (Phi) is 19.5. The van der Waals surface area contributed by atoms with Crippen LogP contribution in [0.1, 0.15) is 88.0 Å². The minimum atomic E-state index is -0.690. The van der Waals surface area contributed by atoms with Gasteiger partial charge in [0, 0.05) is 56.5 Å². The molecule has 0 N–H and O–H groups in total. The van der Waals surface area contributed by atoms with Crippen molar-refractivity contribution >= 4 is 11.8 Å². The van der Waals surface area contributed by atoms with Crippen LogP contribution < -0.4 is 0 Å². The van der Waals surface area contributed by atoms with Gasteiger partial charge >= 0.3 is 5.97 Å². The van der Waals surface area contributed by atoms with Gasteiger partial charge in [-0.05, 0) is 72.0 Å². The molecule has 12 heteroatoms. The average molecular weight is 820 g/mol. The van der Waals surface area contributed by atoms with E-state index in [4.69, 9.17) is 42.6 Å². The third kappa shape index (κ3) is 12.8. The summed E-state index contributed by atoms with van der Waals surface area (Å²) in [5.41, 5.74) is 0.859. The van der Waals surface area contributed by atoms with Gasteiger partial charge in [-0.15, -0.1) is 0 Å². The van der Waals surface area contributed by atoms with E-state index < -0.39 is 37.0 Å². The Morgan fingerprint density at radius 2 is 1.48 bits per heavy atom. The lowest BCUT2D eigenvalue weighted by atomic mass is 9.79. The summed E-state index contributed by atoms with van der Waals surface area (Å²) in [6.07, 6.45) is 7.73. The lowest BCUT2D eigenvalue weighted by Crippen LogP contribution is -2.56. The molecule has 0 aromatic heterocycles. The molecular weight excluding hydrogens is 743 g/mol. The first kappa shape index (κ1) is 48.7. The van der Waals surface area contributed by atoms with E-state index in [2.05, 4.69) is 53.6 Å². The maximum Gasteiger partial charge on any atom is 0.308 e.